The summed E-state index contributed by atoms with van der Waals surface area (Å²) in [6.45, 7) is 1.68. The lowest BCUT2D eigenvalue weighted by Crippen LogP contribution is -1.91. The van der Waals surface area contributed by atoms with Gasteiger partial charge in [-0.15, -0.1) is 0 Å². The van der Waals surface area contributed by atoms with Crippen molar-refractivity contribution in [2.45, 2.75) is 6.92 Å². The summed E-state index contributed by atoms with van der Waals surface area (Å²) in [5, 5.41) is 8.92. The van der Waals surface area contributed by atoms with Gasteiger partial charge in [-0.05, 0) is 24.6 Å². The molecule has 0 unspecified atom stereocenters. The molecule has 1 aromatic carbocycles. The summed E-state index contributed by atoms with van der Waals surface area (Å²) in [5.74, 6) is -0.769. The minimum Gasteiger partial charge on any atom is -0.506 e. The van der Waals surface area contributed by atoms with Crippen LogP contribution in [0.4, 0.5) is 10.1 Å². The molecule has 0 saturated carbocycles. The van der Waals surface area contributed by atoms with Crippen molar-refractivity contribution in [1.29, 1.82) is 0 Å². The van der Waals surface area contributed by atoms with Crippen molar-refractivity contribution in [2.24, 2.45) is 0 Å². The Kier molecular flexibility index (Phi) is 1.49. The standard InChI is InChI=1S/C7H8FNO/c1-4-2-5(8)7(9)6(10)3-4/h2-3,10H,9H2,1H3. The molecule has 0 saturated heterocycles. The quantitative estimate of drug-likeness (QED) is 0.424. The van der Waals surface area contributed by atoms with E-state index in [-0.39, 0.29) is 11.4 Å². The third-order valence-corrected chi connectivity index (χ3v) is 1.25. The number of anilines is 1. The van der Waals surface area contributed by atoms with Crippen LogP contribution in [0.5, 0.6) is 5.75 Å². The van der Waals surface area contributed by atoms with Gasteiger partial charge in [-0.1, -0.05) is 0 Å². The Morgan fingerprint density at radius 1 is 1.50 bits per heavy atom. The van der Waals surface area contributed by atoms with Crippen LogP contribution in [0.25, 0.3) is 0 Å². The van der Waals surface area contributed by atoms with Crippen molar-refractivity contribution in [3.63, 3.8) is 0 Å². The molecule has 1 aromatic rings. The largest absolute Gasteiger partial charge is 0.506 e. The maximum atomic E-state index is 12.6. The number of nitrogens with two attached hydrogens (primary N) is 1. The highest BCUT2D eigenvalue weighted by Gasteiger charge is 2.03. The summed E-state index contributed by atoms with van der Waals surface area (Å²) in [5.41, 5.74) is 5.59. The van der Waals surface area contributed by atoms with Crippen LogP contribution in [-0.2, 0) is 0 Å². The molecule has 0 spiro atoms. The molecule has 0 aliphatic heterocycles. The molecule has 0 atom stereocenters. The second kappa shape index (κ2) is 2.17. The molecule has 0 amide bonds. The third kappa shape index (κ3) is 1.03. The maximum Gasteiger partial charge on any atom is 0.150 e. The summed E-state index contributed by atoms with van der Waals surface area (Å²) in [4.78, 5) is 0. The van der Waals surface area contributed by atoms with Crippen LogP contribution >= 0.6 is 0 Å². The molecule has 0 aromatic heterocycles. The van der Waals surface area contributed by atoms with E-state index in [1.807, 2.05) is 0 Å². The zero-order valence-electron chi connectivity index (χ0n) is 5.56. The van der Waals surface area contributed by atoms with Gasteiger partial charge in [0.2, 0.25) is 0 Å². The molecule has 10 heavy (non-hydrogen) atoms. The monoisotopic (exact) mass is 141 g/mol. The summed E-state index contributed by atoms with van der Waals surface area (Å²) < 4.78 is 12.6. The Hall–Kier alpha value is -1.25. The van der Waals surface area contributed by atoms with Gasteiger partial charge >= 0.3 is 0 Å². The van der Waals surface area contributed by atoms with Gasteiger partial charge in [-0.2, -0.15) is 0 Å². The zero-order valence-corrected chi connectivity index (χ0v) is 5.56. The van der Waals surface area contributed by atoms with Crippen molar-refractivity contribution in [1.82, 2.24) is 0 Å². The maximum absolute atomic E-state index is 12.6. The van der Waals surface area contributed by atoms with E-state index in [0.29, 0.717) is 5.56 Å². The van der Waals surface area contributed by atoms with E-state index in [1.54, 1.807) is 6.92 Å². The number of rotatable bonds is 0. The van der Waals surface area contributed by atoms with Gasteiger partial charge in [-0.25, -0.2) is 4.39 Å². The third-order valence-electron chi connectivity index (χ3n) is 1.25. The van der Waals surface area contributed by atoms with Crippen molar-refractivity contribution >= 4 is 5.69 Å². The molecule has 3 heteroatoms. The Bertz CT molecular complexity index is 237. The van der Waals surface area contributed by atoms with E-state index in [9.17, 15) is 4.39 Å². The molecule has 1 rings (SSSR count). The summed E-state index contributed by atoms with van der Waals surface area (Å²) >= 11 is 0. The molecule has 3 N–H and O–H groups in total. The van der Waals surface area contributed by atoms with E-state index < -0.39 is 5.82 Å². The number of aromatic hydroxyl groups is 1. The fourth-order valence-corrected chi connectivity index (χ4v) is 0.735. The van der Waals surface area contributed by atoms with Crippen molar-refractivity contribution in [3.8, 4) is 5.75 Å². The molecule has 0 aliphatic carbocycles. The number of benzene rings is 1. The highest BCUT2D eigenvalue weighted by atomic mass is 19.1. The van der Waals surface area contributed by atoms with Crippen molar-refractivity contribution in [2.75, 3.05) is 5.73 Å². The Morgan fingerprint density at radius 3 is 2.60 bits per heavy atom. The highest BCUT2D eigenvalue weighted by molar-refractivity contribution is 5.53. The second-order valence-electron chi connectivity index (χ2n) is 2.18. The number of phenols is 1. The van der Waals surface area contributed by atoms with Gasteiger partial charge in [-0.3, -0.25) is 0 Å². The van der Waals surface area contributed by atoms with Crippen molar-refractivity contribution < 1.29 is 9.50 Å². The summed E-state index contributed by atoms with van der Waals surface area (Å²) in [7, 11) is 0. The summed E-state index contributed by atoms with van der Waals surface area (Å²) in [6, 6.07) is 2.69. The second-order valence-corrected chi connectivity index (χ2v) is 2.18. The molecular formula is C7H8FNO. The predicted molar refractivity (Wildman–Crippen MR) is 37.2 cm³/mol. The Labute approximate surface area is 58.1 Å². The Balaban J connectivity index is 3.31. The van der Waals surface area contributed by atoms with Gasteiger partial charge in [0.15, 0.2) is 0 Å². The molecule has 0 heterocycles. The first-order valence-electron chi connectivity index (χ1n) is 2.86. The highest BCUT2D eigenvalue weighted by Crippen LogP contribution is 2.23. The smallest absolute Gasteiger partial charge is 0.150 e. The number of hydrogen-bond donors (Lipinski definition) is 2. The SMILES string of the molecule is Cc1cc(O)c(N)c(F)c1. The molecule has 0 bridgehead atoms. The first kappa shape index (κ1) is 6.86. The van der Waals surface area contributed by atoms with Gasteiger partial charge in [0, 0.05) is 0 Å². The van der Waals surface area contributed by atoms with E-state index in [1.165, 1.54) is 12.1 Å². The average molecular weight is 141 g/mol. The topological polar surface area (TPSA) is 46.2 Å². The molecule has 54 valence electrons. The van der Waals surface area contributed by atoms with Gasteiger partial charge in [0.25, 0.3) is 0 Å². The van der Waals surface area contributed by atoms with Crippen LogP contribution in [0.1, 0.15) is 5.56 Å². The predicted octanol–water partition coefficient (Wildman–Crippen LogP) is 1.42. The normalized spacial score (nSPS) is 9.80. The number of halogens is 1. The zero-order chi connectivity index (χ0) is 7.72. The number of aryl methyl sites for hydroxylation is 1. The van der Waals surface area contributed by atoms with Gasteiger partial charge in [0.1, 0.15) is 17.3 Å². The van der Waals surface area contributed by atoms with Gasteiger partial charge in [0.05, 0.1) is 0 Å². The lowest BCUT2D eigenvalue weighted by atomic mass is 10.2. The number of phenolic OH excluding ortho intramolecular Hbond substituents is 1. The molecule has 0 fully saturated rings. The molecule has 0 radical (unpaired) electrons. The molecule has 2 nitrogen and oxygen atoms in total. The van der Waals surface area contributed by atoms with Crippen LogP contribution in [0.3, 0.4) is 0 Å². The fourth-order valence-electron chi connectivity index (χ4n) is 0.735. The minimum absolute atomic E-state index is 0.189. The first-order chi connectivity index (χ1) is 4.61. The number of hydrogen-bond acceptors (Lipinski definition) is 2. The molecular weight excluding hydrogens is 133 g/mol. The lowest BCUT2D eigenvalue weighted by Gasteiger charge is -2.00. The lowest BCUT2D eigenvalue weighted by molar-refractivity contribution is 0.472. The van der Waals surface area contributed by atoms with E-state index >= 15 is 0 Å². The average Bonchev–Trinajstić information content (AvgIpc) is 1.82. The number of nitrogen functional groups attached to an aromatic ring is 1. The van der Waals surface area contributed by atoms with Crippen LogP contribution < -0.4 is 5.73 Å². The molecule has 0 aliphatic rings. The van der Waals surface area contributed by atoms with Gasteiger partial charge < -0.3 is 10.8 Å². The van der Waals surface area contributed by atoms with Crippen LogP contribution in [0, 0.1) is 12.7 Å². The van der Waals surface area contributed by atoms with Crippen LogP contribution in [-0.4, -0.2) is 5.11 Å². The van der Waals surface area contributed by atoms with Crippen LogP contribution in [0.2, 0.25) is 0 Å². The Morgan fingerprint density at radius 2 is 2.10 bits per heavy atom. The first-order valence-corrected chi connectivity index (χ1v) is 2.86. The minimum atomic E-state index is -0.572. The van der Waals surface area contributed by atoms with E-state index in [4.69, 9.17) is 10.8 Å². The summed E-state index contributed by atoms with van der Waals surface area (Å²) in [6.07, 6.45) is 0. The fraction of sp³-hybridized carbons (Fsp3) is 0.143. The van der Waals surface area contributed by atoms with Crippen LogP contribution in [0.15, 0.2) is 12.1 Å². The van der Waals surface area contributed by atoms with E-state index in [0.717, 1.165) is 0 Å². The van der Waals surface area contributed by atoms with Crippen molar-refractivity contribution in [3.05, 3.63) is 23.5 Å². The van der Waals surface area contributed by atoms with E-state index in [2.05, 4.69) is 0 Å².